The third kappa shape index (κ3) is 2.38. The molecular weight excluding hydrogens is 190 g/mol. The first-order valence-electron chi connectivity index (χ1n) is 5.48. The molecule has 1 saturated carbocycles. The Balaban J connectivity index is 1.91. The second kappa shape index (κ2) is 3.94. The van der Waals surface area contributed by atoms with Crippen molar-refractivity contribution in [1.29, 1.82) is 0 Å². The largest absolute Gasteiger partial charge is 0.394 e. The minimum absolute atomic E-state index is 0.127. The van der Waals surface area contributed by atoms with Gasteiger partial charge in [0.25, 0.3) is 0 Å². The standard InChI is InChI=1S/C11H19N3O/c1-11(8-15,9-3-4-9)12-7-10-5-6-14(2)13-10/h5-6,9,12,15H,3-4,7-8H2,1-2H3. The lowest BCUT2D eigenvalue weighted by atomic mass is 9.97. The van der Waals surface area contributed by atoms with Crippen LogP contribution in [0.2, 0.25) is 0 Å². The van der Waals surface area contributed by atoms with Crippen LogP contribution in [0.1, 0.15) is 25.5 Å². The van der Waals surface area contributed by atoms with Gasteiger partial charge in [0.1, 0.15) is 0 Å². The summed E-state index contributed by atoms with van der Waals surface area (Å²) in [4.78, 5) is 0. The Hall–Kier alpha value is -0.870. The van der Waals surface area contributed by atoms with Crippen molar-refractivity contribution in [3.63, 3.8) is 0 Å². The Kier molecular flexibility index (Phi) is 2.80. The second-order valence-electron chi connectivity index (χ2n) is 4.68. The minimum Gasteiger partial charge on any atom is -0.394 e. The molecule has 1 aliphatic rings. The van der Waals surface area contributed by atoms with Gasteiger partial charge in [0.05, 0.1) is 12.3 Å². The van der Waals surface area contributed by atoms with Gasteiger partial charge in [0.2, 0.25) is 0 Å². The molecule has 1 fully saturated rings. The topological polar surface area (TPSA) is 50.1 Å². The van der Waals surface area contributed by atoms with Crippen molar-refractivity contribution in [3.05, 3.63) is 18.0 Å². The lowest BCUT2D eigenvalue weighted by molar-refractivity contribution is 0.153. The van der Waals surface area contributed by atoms with Gasteiger partial charge >= 0.3 is 0 Å². The zero-order valence-electron chi connectivity index (χ0n) is 9.40. The Morgan fingerprint density at radius 1 is 1.67 bits per heavy atom. The fourth-order valence-corrected chi connectivity index (χ4v) is 1.90. The molecule has 1 unspecified atom stereocenters. The smallest absolute Gasteiger partial charge is 0.0762 e. The number of aliphatic hydroxyl groups is 1. The van der Waals surface area contributed by atoms with E-state index in [4.69, 9.17) is 0 Å². The minimum atomic E-state index is -0.127. The van der Waals surface area contributed by atoms with E-state index in [1.165, 1.54) is 12.8 Å². The van der Waals surface area contributed by atoms with E-state index in [1.54, 1.807) is 4.68 Å². The van der Waals surface area contributed by atoms with Crippen LogP contribution < -0.4 is 5.32 Å². The molecular formula is C11H19N3O. The summed E-state index contributed by atoms with van der Waals surface area (Å²) in [6, 6.07) is 2.00. The first-order chi connectivity index (χ1) is 7.14. The number of aromatic nitrogens is 2. The van der Waals surface area contributed by atoms with E-state index in [0.29, 0.717) is 5.92 Å². The van der Waals surface area contributed by atoms with Gasteiger partial charge in [-0.2, -0.15) is 5.10 Å². The van der Waals surface area contributed by atoms with Crippen LogP contribution >= 0.6 is 0 Å². The summed E-state index contributed by atoms with van der Waals surface area (Å²) in [5.41, 5.74) is 0.898. The normalized spacial score (nSPS) is 20.2. The molecule has 84 valence electrons. The van der Waals surface area contributed by atoms with Crippen LogP contribution in [0.15, 0.2) is 12.3 Å². The van der Waals surface area contributed by atoms with Crippen LogP contribution in [0.5, 0.6) is 0 Å². The molecule has 1 heterocycles. The number of hydrogen-bond acceptors (Lipinski definition) is 3. The highest BCUT2D eigenvalue weighted by Gasteiger charge is 2.40. The molecule has 0 bridgehead atoms. The Labute approximate surface area is 90.3 Å². The average molecular weight is 209 g/mol. The van der Waals surface area contributed by atoms with Crippen LogP contribution in [0, 0.1) is 5.92 Å². The van der Waals surface area contributed by atoms with E-state index >= 15 is 0 Å². The van der Waals surface area contributed by atoms with Crippen LogP contribution in [0.25, 0.3) is 0 Å². The van der Waals surface area contributed by atoms with Crippen molar-refractivity contribution in [2.24, 2.45) is 13.0 Å². The van der Waals surface area contributed by atoms with Crippen LogP contribution in [0.4, 0.5) is 0 Å². The van der Waals surface area contributed by atoms with E-state index in [2.05, 4.69) is 17.3 Å². The monoisotopic (exact) mass is 209 g/mol. The highest BCUT2D eigenvalue weighted by atomic mass is 16.3. The van der Waals surface area contributed by atoms with E-state index in [1.807, 2.05) is 19.3 Å². The van der Waals surface area contributed by atoms with E-state index < -0.39 is 0 Å². The number of nitrogens with one attached hydrogen (secondary N) is 1. The summed E-state index contributed by atoms with van der Waals surface area (Å²) in [6.45, 7) is 3.02. The molecule has 2 rings (SSSR count). The number of aliphatic hydroxyl groups excluding tert-OH is 1. The molecule has 1 aromatic heterocycles. The first kappa shape index (κ1) is 10.6. The van der Waals surface area contributed by atoms with Crippen molar-refractivity contribution in [2.45, 2.75) is 31.8 Å². The molecule has 0 saturated heterocycles. The van der Waals surface area contributed by atoms with Gasteiger partial charge in [-0.05, 0) is 31.7 Å². The molecule has 1 aliphatic carbocycles. The number of rotatable bonds is 5. The molecule has 2 N–H and O–H groups in total. The fraction of sp³-hybridized carbons (Fsp3) is 0.727. The second-order valence-corrected chi connectivity index (χ2v) is 4.68. The number of hydrogen-bond donors (Lipinski definition) is 2. The molecule has 15 heavy (non-hydrogen) atoms. The molecule has 1 aromatic rings. The van der Waals surface area contributed by atoms with E-state index in [9.17, 15) is 5.11 Å². The van der Waals surface area contributed by atoms with Crippen molar-refractivity contribution < 1.29 is 5.11 Å². The maximum atomic E-state index is 9.39. The molecule has 4 heteroatoms. The van der Waals surface area contributed by atoms with Crippen molar-refractivity contribution in [3.8, 4) is 0 Å². The highest BCUT2D eigenvalue weighted by Crippen LogP contribution is 2.39. The Bertz CT molecular complexity index is 332. The third-order valence-corrected chi connectivity index (χ3v) is 3.25. The number of aryl methyl sites for hydroxylation is 1. The number of nitrogens with zero attached hydrogens (tertiary/aromatic N) is 2. The maximum Gasteiger partial charge on any atom is 0.0762 e. The van der Waals surface area contributed by atoms with Gasteiger partial charge in [-0.3, -0.25) is 4.68 Å². The summed E-state index contributed by atoms with van der Waals surface area (Å²) in [5, 5.41) is 17.1. The Morgan fingerprint density at radius 2 is 2.40 bits per heavy atom. The lowest BCUT2D eigenvalue weighted by Gasteiger charge is -2.28. The summed E-state index contributed by atoms with van der Waals surface area (Å²) in [6.07, 6.45) is 4.39. The molecule has 0 amide bonds. The summed E-state index contributed by atoms with van der Waals surface area (Å²) in [5.74, 6) is 0.631. The van der Waals surface area contributed by atoms with Gasteiger partial charge in [-0.15, -0.1) is 0 Å². The van der Waals surface area contributed by atoms with E-state index in [-0.39, 0.29) is 12.1 Å². The average Bonchev–Trinajstić information content (AvgIpc) is 3.00. The van der Waals surface area contributed by atoms with Gasteiger partial charge in [0, 0.05) is 25.3 Å². The molecule has 4 nitrogen and oxygen atoms in total. The molecule has 0 spiro atoms. The lowest BCUT2D eigenvalue weighted by Crippen LogP contribution is -2.47. The summed E-state index contributed by atoms with van der Waals surface area (Å²) in [7, 11) is 1.91. The molecule has 0 aromatic carbocycles. The molecule has 0 radical (unpaired) electrons. The zero-order valence-corrected chi connectivity index (χ0v) is 9.40. The summed E-state index contributed by atoms with van der Waals surface area (Å²) < 4.78 is 1.80. The van der Waals surface area contributed by atoms with Gasteiger partial charge in [-0.25, -0.2) is 0 Å². The third-order valence-electron chi connectivity index (χ3n) is 3.25. The van der Waals surface area contributed by atoms with Crippen LogP contribution in [-0.4, -0.2) is 27.0 Å². The van der Waals surface area contributed by atoms with E-state index in [0.717, 1.165) is 12.2 Å². The van der Waals surface area contributed by atoms with Gasteiger partial charge in [-0.1, -0.05) is 0 Å². The summed E-state index contributed by atoms with van der Waals surface area (Å²) >= 11 is 0. The van der Waals surface area contributed by atoms with Crippen molar-refractivity contribution >= 4 is 0 Å². The maximum absolute atomic E-state index is 9.39. The van der Waals surface area contributed by atoms with Crippen molar-refractivity contribution in [2.75, 3.05) is 6.61 Å². The van der Waals surface area contributed by atoms with Gasteiger partial charge in [0.15, 0.2) is 0 Å². The predicted molar refractivity (Wildman–Crippen MR) is 58.3 cm³/mol. The zero-order chi connectivity index (χ0) is 10.9. The molecule has 1 atom stereocenters. The molecule has 0 aliphatic heterocycles. The SMILES string of the molecule is Cn1ccc(CNC(C)(CO)C2CC2)n1. The quantitative estimate of drug-likeness (QED) is 0.749. The van der Waals surface area contributed by atoms with Crippen molar-refractivity contribution in [1.82, 2.24) is 15.1 Å². The fourth-order valence-electron chi connectivity index (χ4n) is 1.90. The van der Waals surface area contributed by atoms with Crippen LogP contribution in [-0.2, 0) is 13.6 Å². The predicted octanol–water partition coefficient (Wildman–Crippen LogP) is 0.671. The van der Waals surface area contributed by atoms with Crippen LogP contribution in [0.3, 0.4) is 0 Å². The highest BCUT2D eigenvalue weighted by molar-refractivity contribution is 5.02. The van der Waals surface area contributed by atoms with Gasteiger partial charge < -0.3 is 10.4 Å². The Morgan fingerprint density at radius 3 is 2.87 bits per heavy atom. The first-order valence-corrected chi connectivity index (χ1v) is 5.48.